The number of nitrogens with one attached hydrogen (secondary N) is 1. The summed E-state index contributed by atoms with van der Waals surface area (Å²) in [4.78, 5) is 2.85. The van der Waals surface area contributed by atoms with Crippen molar-refractivity contribution < 1.29 is 4.39 Å². The van der Waals surface area contributed by atoms with Crippen molar-refractivity contribution in [3.8, 4) is 0 Å². The van der Waals surface area contributed by atoms with E-state index >= 15 is 0 Å². The largest absolute Gasteiger partial charge is 0.306 e. The highest BCUT2D eigenvalue weighted by molar-refractivity contribution is 7.12. The fraction of sp³-hybridized carbons (Fsp3) is 0.412. The van der Waals surface area contributed by atoms with Gasteiger partial charge in [0.2, 0.25) is 0 Å². The van der Waals surface area contributed by atoms with Gasteiger partial charge in [0.15, 0.2) is 0 Å². The number of halogens is 1. The number of rotatable bonds is 4. The summed E-state index contributed by atoms with van der Waals surface area (Å²) in [7, 11) is 0. The fourth-order valence-electron chi connectivity index (χ4n) is 2.98. The normalized spacial score (nSPS) is 15.3. The van der Waals surface area contributed by atoms with Gasteiger partial charge in [-0.3, -0.25) is 0 Å². The van der Waals surface area contributed by atoms with Gasteiger partial charge in [-0.15, -0.1) is 11.3 Å². The summed E-state index contributed by atoms with van der Waals surface area (Å²) in [6.45, 7) is 5.03. The second kappa shape index (κ2) is 5.66. The van der Waals surface area contributed by atoms with Crippen LogP contribution in [0, 0.1) is 12.7 Å². The molecule has 2 aromatic rings. The molecule has 0 saturated heterocycles. The van der Waals surface area contributed by atoms with Crippen molar-refractivity contribution in [2.45, 2.75) is 39.2 Å². The lowest BCUT2D eigenvalue weighted by Crippen LogP contribution is -2.22. The first-order chi connectivity index (χ1) is 9.69. The van der Waals surface area contributed by atoms with Crippen LogP contribution in [0.15, 0.2) is 24.3 Å². The number of fused-ring (bicyclic) bond motifs is 1. The second-order valence-electron chi connectivity index (χ2n) is 5.44. The predicted octanol–water partition coefficient (Wildman–Crippen LogP) is 4.38. The summed E-state index contributed by atoms with van der Waals surface area (Å²) in [5, 5.41) is 3.52. The van der Waals surface area contributed by atoms with Gasteiger partial charge in [0.1, 0.15) is 5.82 Å². The molecule has 1 N–H and O–H groups in total. The molecule has 0 aliphatic heterocycles. The van der Waals surface area contributed by atoms with Crippen LogP contribution < -0.4 is 5.32 Å². The molecule has 1 aromatic heterocycles. The first-order valence-electron chi connectivity index (χ1n) is 7.30. The molecule has 1 heterocycles. The lowest BCUT2D eigenvalue weighted by atomic mass is 9.99. The zero-order valence-electron chi connectivity index (χ0n) is 12.0. The number of hydrogen-bond acceptors (Lipinski definition) is 2. The third-order valence-electron chi connectivity index (χ3n) is 4.01. The van der Waals surface area contributed by atoms with E-state index in [1.807, 2.05) is 17.4 Å². The Morgan fingerprint density at radius 3 is 2.90 bits per heavy atom. The van der Waals surface area contributed by atoms with E-state index < -0.39 is 0 Å². The average molecular weight is 289 g/mol. The Kier molecular flexibility index (Phi) is 3.90. The molecule has 3 heteroatoms. The number of thiophene rings is 1. The van der Waals surface area contributed by atoms with Crippen LogP contribution in [0.2, 0.25) is 0 Å². The van der Waals surface area contributed by atoms with E-state index in [4.69, 9.17) is 0 Å². The Morgan fingerprint density at radius 2 is 2.15 bits per heavy atom. The van der Waals surface area contributed by atoms with Crippen molar-refractivity contribution in [1.82, 2.24) is 5.32 Å². The molecule has 1 unspecified atom stereocenters. The molecular weight excluding hydrogens is 269 g/mol. The number of benzene rings is 1. The third-order valence-corrected chi connectivity index (χ3v) is 5.31. The molecule has 0 bridgehead atoms. The van der Waals surface area contributed by atoms with E-state index in [0.717, 1.165) is 17.7 Å². The summed E-state index contributed by atoms with van der Waals surface area (Å²) >= 11 is 1.89. The van der Waals surface area contributed by atoms with Crippen LogP contribution in [-0.2, 0) is 12.8 Å². The molecule has 1 aromatic carbocycles. The molecule has 106 valence electrons. The topological polar surface area (TPSA) is 12.0 Å². The molecule has 0 amide bonds. The maximum atomic E-state index is 13.6. The monoisotopic (exact) mass is 289 g/mol. The van der Waals surface area contributed by atoms with Crippen LogP contribution in [0.1, 0.15) is 45.8 Å². The molecule has 1 atom stereocenters. The van der Waals surface area contributed by atoms with E-state index in [1.54, 1.807) is 6.07 Å². The summed E-state index contributed by atoms with van der Waals surface area (Å²) in [6.07, 6.45) is 3.69. The van der Waals surface area contributed by atoms with Gasteiger partial charge >= 0.3 is 0 Å². The third kappa shape index (κ3) is 2.52. The quantitative estimate of drug-likeness (QED) is 0.880. The fourth-order valence-corrected chi connectivity index (χ4v) is 4.34. The van der Waals surface area contributed by atoms with Crippen LogP contribution >= 0.6 is 11.3 Å². The Hall–Kier alpha value is -1.19. The van der Waals surface area contributed by atoms with E-state index in [1.165, 1.54) is 40.6 Å². The van der Waals surface area contributed by atoms with Gasteiger partial charge in [-0.05, 0) is 67.6 Å². The van der Waals surface area contributed by atoms with Crippen molar-refractivity contribution in [1.29, 1.82) is 0 Å². The van der Waals surface area contributed by atoms with E-state index in [-0.39, 0.29) is 11.9 Å². The zero-order chi connectivity index (χ0) is 14.1. The van der Waals surface area contributed by atoms with Gasteiger partial charge < -0.3 is 5.32 Å². The van der Waals surface area contributed by atoms with Crippen LogP contribution in [0.5, 0.6) is 0 Å². The van der Waals surface area contributed by atoms with Gasteiger partial charge in [0.25, 0.3) is 0 Å². The maximum absolute atomic E-state index is 13.6. The molecule has 0 spiro atoms. The highest BCUT2D eigenvalue weighted by Gasteiger charge is 2.22. The molecule has 1 aliphatic rings. The highest BCUT2D eigenvalue weighted by Crippen LogP contribution is 2.37. The summed E-state index contributed by atoms with van der Waals surface area (Å²) in [5.74, 6) is -0.155. The SMILES string of the molecule is CCNC(c1cc2c(s1)CCC2)c1cc(F)ccc1C. The average Bonchev–Trinajstić information content (AvgIpc) is 3.00. The number of aryl methyl sites for hydroxylation is 3. The number of hydrogen-bond donors (Lipinski definition) is 1. The molecule has 0 saturated carbocycles. The Balaban J connectivity index is 2.01. The smallest absolute Gasteiger partial charge is 0.123 e. The second-order valence-corrected chi connectivity index (χ2v) is 6.61. The van der Waals surface area contributed by atoms with Gasteiger partial charge in [-0.25, -0.2) is 4.39 Å². The van der Waals surface area contributed by atoms with Crippen molar-refractivity contribution >= 4 is 11.3 Å². The Labute approximate surface area is 123 Å². The van der Waals surface area contributed by atoms with Crippen molar-refractivity contribution in [3.63, 3.8) is 0 Å². The molecule has 1 aliphatic carbocycles. The zero-order valence-corrected chi connectivity index (χ0v) is 12.8. The molecule has 3 rings (SSSR count). The van der Waals surface area contributed by atoms with Crippen molar-refractivity contribution in [3.05, 3.63) is 56.5 Å². The van der Waals surface area contributed by atoms with Crippen LogP contribution in [0.3, 0.4) is 0 Å². The molecule has 0 fully saturated rings. The molecule has 0 radical (unpaired) electrons. The lowest BCUT2D eigenvalue weighted by Gasteiger charge is -2.19. The van der Waals surface area contributed by atoms with Gasteiger partial charge in [-0.1, -0.05) is 13.0 Å². The molecular formula is C17H20FNS. The maximum Gasteiger partial charge on any atom is 0.123 e. The standard InChI is InChI=1S/C17H20FNS/c1-3-19-17(14-10-13(18)8-7-11(14)2)16-9-12-5-4-6-15(12)20-16/h7-10,17,19H,3-6H2,1-2H3. The van der Waals surface area contributed by atoms with E-state index in [0.29, 0.717) is 0 Å². The minimum absolute atomic E-state index is 0.117. The Morgan fingerprint density at radius 1 is 1.30 bits per heavy atom. The van der Waals surface area contributed by atoms with E-state index in [2.05, 4.69) is 25.2 Å². The highest BCUT2D eigenvalue weighted by atomic mass is 32.1. The minimum atomic E-state index is -0.155. The molecule has 1 nitrogen and oxygen atoms in total. The van der Waals surface area contributed by atoms with Gasteiger partial charge in [-0.2, -0.15) is 0 Å². The first-order valence-corrected chi connectivity index (χ1v) is 8.11. The van der Waals surface area contributed by atoms with Crippen molar-refractivity contribution in [2.75, 3.05) is 6.54 Å². The summed E-state index contributed by atoms with van der Waals surface area (Å²) < 4.78 is 13.6. The van der Waals surface area contributed by atoms with Crippen LogP contribution in [-0.4, -0.2) is 6.54 Å². The Bertz CT molecular complexity index is 596. The summed E-state index contributed by atoms with van der Waals surface area (Å²) in [6, 6.07) is 7.52. The van der Waals surface area contributed by atoms with Gasteiger partial charge in [0.05, 0.1) is 6.04 Å². The first kappa shape index (κ1) is 13.8. The van der Waals surface area contributed by atoms with Crippen LogP contribution in [0.25, 0.3) is 0 Å². The predicted molar refractivity (Wildman–Crippen MR) is 83.0 cm³/mol. The van der Waals surface area contributed by atoms with Crippen LogP contribution in [0.4, 0.5) is 4.39 Å². The lowest BCUT2D eigenvalue weighted by molar-refractivity contribution is 0.604. The molecule has 20 heavy (non-hydrogen) atoms. The van der Waals surface area contributed by atoms with Crippen molar-refractivity contribution in [2.24, 2.45) is 0 Å². The van der Waals surface area contributed by atoms with E-state index in [9.17, 15) is 4.39 Å². The van der Waals surface area contributed by atoms with Gasteiger partial charge in [0, 0.05) is 9.75 Å². The summed E-state index contributed by atoms with van der Waals surface area (Å²) in [5.41, 5.74) is 3.71. The minimum Gasteiger partial charge on any atom is -0.306 e.